The summed E-state index contributed by atoms with van der Waals surface area (Å²) in [7, 11) is 0. The summed E-state index contributed by atoms with van der Waals surface area (Å²) in [6.45, 7) is 11.2. The van der Waals surface area contributed by atoms with Gasteiger partial charge >= 0.3 is 0 Å². The van der Waals surface area contributed by atoms with Gasteiger partial charge in [-0.3, -0.25) is 4.99 Å². The van der Waals surface area contributed by atoms with Gasteiger partial charge in [-0.05, 0) is 38.0 Å². The Bertz CT molecular complexity index is 266. The third kappa shape index (κ3) is 11.2. The standard InChI is InChI=1S/C16H33N3O.HI/c1-4-14(5-2)12-19-16(17-6-3)18-10-7-11-20-13-15-8-9-15;/h14-15H,4-13H2,1-3H3,(H2,17,18,19);1H. The largest absolute Gasteiger partial charge is 0.381 e. The van der Waals surface area contributed by atoms with Gasteiger partial charge in [-0.15, -0.1) is 24.0 Å². The van der Waals surface area contributed by atoms with Crippen LogP contribution in [0.3, 0.4) is 0 Å². The molecular weight excluding hydrogens is 377 g/mol. The molecule has 1 aliphatic rings. The van der Waals surface area contributed by atoms with Crippen LogP contribution in [0.5, 0.6) is 0 Å². The van der Waals surface area contributed by atoms with Crippen LogP contribution in [0.15, 0.2) is 4.99 Å². The zero-order valence-electron chi connectivity index (χ0n) is 14.0. The van der Waals surface area contributed by atoms with Crippen molar-refractivity contribution in [2.24, 2.45) is 16.8 Å². The molecule has 5 heteroatoms. The zero-order valence-corrected chi connectivity index (χ0v) is 16.3. The molecule has 4 nitrogen and oxygen atoms in total. The summed E-state index contributed by atoms with van der Waals surface area (Å²) < 4.78 is 5.63. The molecule has 1 fully saturated rings. The van der Waals surface area contributed by atoms with Crippen LogP contribution >= 0.6 is 24.0 Å². The molecule has 0 aliphatic heterocycles. The molecule has 1 rings (SSSR count). The van der Waals surface area contributed by atoms with E-state index in [4.69, 9.17) is 4.74 Å². The summed E-state index contributed by atoms with van der Waals surface area (Å²) in [6, 6.07) is 0. The maximum atomic E-state index is 5.63. The number of hydrogen-bond acceptors (Lipinski definition) is 2. The Kier molecular flexibility index (Phi) is 13.6. The smallest absolute Gasteiger partial charge is 0.191 e. The van der Waals surface area contributed by atoms with E-state index in [1.54, 1.807) is 0 Å². The lowest BCUT2D eigenvalue weighted by Gasteiger charge is -2.14. The van der Waals surface area contributed by atoms with E-state index in [-0.39, 0.29) is 24.0 Å². The second kappa shape index (κ2) is 13.6. The Hall–Kier alpha value is -0.0400. The predicted molar refractivity (Wildman–Crippen MR) is 102 cm³/mol. The van der Waals surface area contributed by atoms with Crippen LogP contribution in [0.1, 0.15) is 52.9 Å². The number of rotatable bonds is 11. The molecule has 0 amide bonds. The van der Waals surface area contributed by atoms with Gasteiger partial charge in [0.25, 0.3) is 0 Å². The second-order valence-electron chi connectivity index (χ2n) is 5.70. The zero-order chi connectivity index (χ0) is 14.6. The lowest BCUT2D eigenvalue weighted by molar-refractivity contribution is 0.123. The first-order valence-corrected chi connectivity index (χ1v) is 8.40. The van der Waals surface area contributed by atoms with Crippen LogP contribution in [-0.2, 0) is 4.74 Å². The maximum Gasteiger partial charge on any atom is 0.191 e. The molecule has 126 valence electrons. The number of nitrogens with zero attached hydrogens (tertiary/aromatic N) is 1. The Morgan fingerprint density at radius 1 is 1.19 bits per heavy atom. The first-order valence-electron chi connectivity index (χ1n) is 8.40. The quantitative estimate of drug-likeness (QED) is 0.237. The molecule has 0 saturated heterocycles. The highest BCUT2D eigenvalue weighted by molar-refractivity contribution is 14.0. The van der Waals surface area contributed by atoms with E-state index in [1.807, 2.05) is 0 Å². The van der Waals surface area contributed by atoms with Crippen molar-refractivity contribution < 1.29 is 4.74 Å². The van der Waals surface area contributed by atoms with Crippen molar-refractivity contribution in [1.29, 1.82) is 0 Å². The van der Waals surface area contributed by atoms with Crippen LogP contribution in [0.2, 0.25) is 0 Å². The molecule has 0 unspecified atom stereocenters. The summed E-state index contributed by atoms with van der Waals surface area (Å²) in [5.74, 6) is 2.51. The van der Waals surface area contributed by atoms with Crippen LogP contribution < -0.4 is 10.6 Å². The highest BCUT2D eigenvalue weighted by atomic mass is 127. The number of aliphatic imine (C=N–C) groups is 1. The van der Waals surface area contributed by atoms with Crippen molar-refractivity contribution in [3.63, 3.8) is 0 Å². The van der Waals surface area contributed by atoms with Gasteiger partial charge in [0.1, 0.15) is 0 Å². The molecule has 2 N–H and O–H groups in total. The minimum absolute atomic E-state index is 0. The Morgan fingerprint density at radius 2 is 1.90 bits per heavy atom. The van der Waals surface area contributed by atoms with Gasteiger partial charge < -0.3 is 15.4 Å². The summed E-state index contributed by atoms with van der Waals surface area (Å²) in [6.07, 6.45) is 6.18. The number of nitrogens with one attached hydrogen (secondary N) is 2. The van der Waals surface area contributed by atoms with Crippen LogP contribution in [0.25, 0.3) is 0 Å². The van der Waals surface area contributed by atoms with Gasteiger partial charge in [0.05, 0.1) is 0 Å². The van der Waals surface area contributed by atoms with E-state index in [0.717, 1.165) is 51.1 Å². The first-order chi connectivity index (χ1) is 9.80. The van der Waals surface area contributed by atoms with Crippen LogP contribution in [0.4, 0.5) is 0 Å². The molecule has 1 aliphatic carbocycles. The fraction of sp³-hybridized carbons (Fsp3) is 0.938. The molecule has 0 aromatic rings. The van der Waals surface area contributed by atoms with E-state index < -0.39 is 0 Å². The Balaban J connectivity index is 0.00000400. The van der Waals surface area contributed by atoms with E-state index in [9.17, 15) is 0 Å². The second-order valence-corrected chi connectivity index (χ2v) is 5.70. The molecule has 0 heterocycles. The Labute approximate surface area is 147 Å². The molecule has 0 aromatic carbocycles. The summed E-state index contributed by atoms with van der Waals surface area (Å²) in [5, 5.41) is 6.69. The van der Waals surface area contributed by atoms with Gasteiger partial charge in [-0.2, -0.15) is 0 Å². The van der Waals surface area contributed by atoms with Gasteiger partial charge in [-0.25, -0.2) is 0 Å². The fourth-order valence-electron chi connectivity index (χ4n) is 2.02. The minimum Gasteiger partial charge on any atom is -0.381 e. The third-order valence-corrected chi connectivity index (χ3v) is 3.81. The molecule has 21 heavy (non-hydrogen) atoms. The average Bonchev–Trinajstić information content (AvgIpc) is 3.27. The van der Waals surface area contributed by atoms with Crippen molar-refractivity contribution in [3.05, 3.63) is 0 Å². The normalized spacial score (nSPS) is 15.0. The minimum atomic E-state index is 0. The van der Waals surface area contributed by atoms with Crippen molar-refractivity contribution in [1.82, 2.24) is 10.6 Å². The molecule has 0 atom stereocenters. The van der Waals surface area contributed by atoms with Gasteiger partial charge in [-0.1, -0.05) is 26.7 Å². The molecule has 0 bridgehead atoms. The molecular formula is C16H34IN3O. The van der Waals surface area contributed by atoms with Crippen LogP contribution in [-0.4, -0.2) is 38.8 Å². The summed E-state index contributed by atoms with van der Waals surface area (Å²) in [5.41, 5.74) is 0. The summed E-state index contributed by atoms with van der Waals surface area (Å²) in [4.78, 5) is 4.67. The number of ether oxygens (including phenoxy) is 1. The number of halogens is 1. The van der Waals surface area contributed by atoms with E-state index in [1.165, 1.54) is 25.7 Å². The van der Waals surface area contributed by atoms with Gasteiger partial charge in [0.15, 0.2) is 5.96 Å². The lowest BCUT2D eigenvalue weighted by Crippen LogP contribution is -2.38. The molecule has 0 aromatic heterocycles. The SMILES string of the molecule is CCNC(=NCC(CC)CC)NCCCOCC1CC1.I. The average molecular weight is 411 g/mol. The number of guanidine groups is 1. The monoisotopic (exact) mass is 411 g/mol. The topological polar surface area (TPSA) is 45.7 Å². The van der Waals surface area contributed by atoms with Crippen molar-refractivity contribution in [2.75, 3.05) is 32.8 Å². The first kappa shape index (κ1) is 21.0. The van der Waals surface area contributed by atoms with Crippen LogP contribution in [0, 0.1) is 11.8 Å². The third-order valence-electron chi connectivity index (χ3n) is 3.81. The molecule has 0 spiro atoms. The highest BCUT2D eigenvalue weighted by Crippen LogP contribution is 2.28. The van der Waals surface area contributed by atoms with E-state index >= 15 is 0 Å². The Morgan fingerprint density at radius 3 is 2.48 bits per heavy atom. The summed E-state index contributed by atoms with van der Waals surface area (Å²) >= 11 is 0. The van der Waals surface area contributed by atoms with Gasteiger partial charge in [0.2, 0.25) is 0 Å². The molecule has 1 saturated carbocycles. The highest BCUT2D eigenvalue weighted by Gasteiger charge is 2.20. The van der Waals surface area contributed by atoms with Crippen molar-refractivity contribution in [3.8, 4) is 0 Å². The van der Waals surface area contributed by atoms with E-state index in [0.29, 0.717) is 5.92 Å². The van der Waals surface area contributed by atoms with Crippen molar-refractivity contribution in [2.45, 2.75) is 52.9 Å². The fourth-order valence-corrected chi connectivity index (χ4v) is 2.02. The maximum absolute atomic E-state index is 5.63. The molecule has 0 radical (unpaired) electrons. The number of hydrogen-bond donors (Lipinski definition) is 2. The van der Waals surface area contributed by atoms with Gasteiger partial charge in [0, 0.05) is 32.8 Å². The van der Waals surface area contributed by atoms with E-state index in [2.05, 4.69) is 36.4 Å². The van der Waals surface area contributed by atoms with Crippen molar-refractivity contribution >= 4 is 29.9 Å². The lowest BCUT2D eigenvalue weighted by atomic mass is 10.0. The predicted octanol–water partition coefficient (Wildman–Crippen LogP) is 3.41.